The molecule has 3 rings (SSSR count). The van der Waals surface area contributed by atoms with Crippen LogP contribution in [0.4, 0.5) is 18.9 Å². The Kier molecular flexibility index (Phi) is 6.66. The molecule has 0 saturated carbocycles. The van der Waals surface area contributed by atoms with Gasteiger partial charge in [0.15, 0.2) is 5.75 Å². The molecule has 1 N–H and O–H groups in total. The molecule has 0 bridgehead atoms. The van der Waals surface area contributed by atoms with Crippen molar-refractivity contribution in [1.29, 1.82) is 0 Å². The van der Waals surface area contributed by atoms with Gasteiger partial charge in [-0.2, -0.15) is 13.2 Å². The Morgan fingerprint density at radius 1 is 0.781 bits per heavy atom. The van der Waals surface area contributed by atoms with Crippen LogP contribution in [0.1, 0.15) is 0 Å². The van der Waals surface area contributed by atoms with E-state index in [4.69, 9.17) is 27.9 Å². The Morgan fingerprint density at radius 3 is 2.03 bits per heavy atom. The average Bonchev–Trinajstić information content (AvgIpc) is 2.71. The molecule has 0 fully saturated rings. The third kappa shape index (κ3) is 5.12. The fraction of sp³-hybridized carbons (Fsp3) is 0.0526. The molecule has 0 heterocycles. The highest BCUT2D eigenvalue weighted by atomic mass is 35.5. The molecule has 0 saturated heterocycles. The third-order valence-corrected chi connectivity index (χ3v) is 7.59. The van der Waals surface area contributed by atoms with Gasteiger partial charge in [0.25, 0.3) is 19.9 Å². The smallest absolute Gasteiger partial charge is 0.455 e. The first-order valence-corrected chi connectivity index (χ1v) is 12.2. The van der Waals surface area contributed by atoms with Gasteiger partial charge in [-0.3, -0.25) is 4.72 Å². The lowest BCUT2D eigenvalue weighted by Crippen LogP contribution is -2.23. The first-order valence-electron chi connectivity index (χ1n) is 8.47. The Morgan fingerprint density at radius 2 is 1.44 bits per heavy atom. The minimum absolute atomic E-state index is 0.0267. The van der Waals surface area contributed by atoms with Gasteiger partial charge < -0.3 is 4.74 Å². The van der Waals surface area contributed by atoms with Crippen LogP contribution in [0.5, 0.6) is 11.5 Å². The van der Waals surface area contributed by atoms with E-state index in [9.17, 15) is 30.0 Å². The van der Waals surface area contributed by atoms with Crippen LogP contribution in [0.2, 0.25) is 10.0 Å². The summed E-state index contributed by atoms with van der Waals surface area (Å²) in [5, 5.41) is 0.215. The second kappa shape index (κ2) is 8.81. The Balaban J connectivity index is 2.10. The molecule has 0 aromatic heterocycles. The summed E-state index contributed by atoms with van der Waals surface area (Å²) in [4.78, 5) is -1.27. The molecule has 6 nitrogen and oxygen atoms in total. The highest BCUT2D eigenvalue weighted by Gasteiger charge is 2.47. The maximum atomic E-state index is 13.0. The van der Waals surface area contributed by atoms with Crippen molar-refractivity contribution in [2.24, 2.45) is 0 Å². The molecule has 0 aliphatic carbocycles. The van der Waals surface area contributed by atoms with Crippen LogP contribution in [0.25, 0.3) is 0 Å². The minimum atomic E-state index is -5.72. The van der Waals surface area contributed by atoms with Gasteiger partial charge in [-0.05, 0) is 36.4 Å². The monoisotopic (exact) mass is 525 g/mol. The van der Waals surface area contributed by atoms with Crippen molar-refractivity contribution in [1.82, 2.24) is 0 Å². The topological polar surface area (TPSA) is 89.5 Å². The van der Waals surface area contributed by atoms with Gasteiger partial charge in [0.05, 0.1) is 25.5 Å². The predicted octanol–water partition coefficient (Wildman–Crippen LogP) is 5.88. The molecule has 0 aliphatic rings. The number of rotatable bonds is 6. The number of hydrogen-bond donors (Lipinski definition) is 1. The summed E-state index contributed by atoms with van der Waals surface area (Å²) in [6.07, 6.45) is 0. The molecule has 0 atom stereocenters. The number of nitrogens with one attached hydrogen (secondary N) is 1. The van der Waals surface area contributed by atoms with Crippen molar-refractivity contribution >= 4 is 48.7 Å². The zero-order valence-corrected chi connectivity index (χ0v) is 18.7. The number of sulfonamides is 1. The van der Waals surface area contributed by atoms with Crippen molar-refractivity contribution in [2.75, 3.05) is 4.72 Å². The van der Waals surface area contributed by atoms with E-state index in [1.807, 2.05) is 0 Å². The zero-order chi connectivity index (χ0) is 23.7. The fourth-order valence-electron chi connectivity index (χ4n) is 2.44. The van der Waals surface area contributed by atoms with E-state index in [0.717, 1.165) is 6.07 Å². The second-order valence-corrected chi connectivity index (χ2v) is 10.6. The number of ether oxygens (including phenoxy) is 1. The molecule has 13 heteroatoms. The lowest BCUT2D eigenvalue weighted by Gasteiger charge is -2.16. The van der Waals surface area contributed by atoms with Gasteiger partial charge in [-0.15, -0.1) is 0 Å². The van der Waals surface area contributed by atoms with Gasteiger partial charge in [-0.25, -0.2) is 16.8 Å². The van der Waals surface area contributed by atoms with Crippen molar-refractivity contribution in [3.63, 3.8) is 0 Å². The quantitative estimate of drug-likeness (QED) is 0.434. The van der Waals surface area contributed by atoms with E-state index >= 15 is 0 Å². The number of sulfone groups is 1. The Labute approximate surface area is 191 Å². The van der Waals surface area contributed by atoms with Gasteiger partial charge in [0, 0.05) is 12.1 Å². The van der Waals surface area contributed by atoms with Gasteiger partial charge in [0.1, 0.15) is 5.75 Å². The summed E-state index contributed by atoms with van der Waals surface area (Å²) < 4.78 is 95.6. The number of anilines is 1. The molecule has 0 unspecified atom stereocenters. The number of alkyl halides is 3. The van der Waals surface area contributed by atoms with Crippen molar-refractivity contribution in [3.8, 4) is 11.5 Å². The first kappa shape index (κ1) is 24.2. The van der Waals surface area contributed by atoms with E-state index in [0.29, 0.717) is 12.1 Å². The van der Waals surface area contributed by atoms with Crippen LogP contribution in [0, 0.1) is 0 Å². The van der Waals surface area contributed by atoms with Crippen LogP contribution < -0.4 is 9.46 Å². The van der Waals surface area contributed by atoms with Gasteiger partial charge in [0.2, 0.25) is 0 Å². The van der Waals surface area contributed by atoms with Crippen LogP contribution in [0.3, 0.4) is 0 Å². The largest absolute Gasteiger partial charge is 0.501 e. The summed E-state index contributed by atoms with van der Waals surface area (Å²) in [6, 6.07) is 13.0. The van der Waals surface area contributed by atoms with E-state index in [1.165, 1.54) is 42.5 Å². The molecular weight excluding hydrogens is 514 g/mol. The van der Waals surface area contributed by atoms with E-state index in [-0.39, 0.29) is 26.4 Å². The maximum Gasteiger partial charge on any atom is 0.501 e. The Bertz CT molecular complexity index is 1360. The van der Waals surface area contributed by atoms with E-state index in [2.05, 4.69) is 4.72 Å². The average molecular weight is 526 g/mol. The summed E-state index contributed by atoms with van der Waals surface area (Å²) in [5.41, 5.74) is -5.88. The summed E-state index contributed by atoms with van der Waals surface area (Å²) >= 11 is 11.7. The maximum absolute atomic E-state index is 13.0. The van der Waals surface area contributed by atoms with Crippen LogP contribution in [-0.4, -0.2) is 22.3 Å². The zero-order valence-electron chi connectivity index (χ0n) is 15.6. The lowest BCUT2D eigenvalue weighted by molar-refractivity contribution is -0.0436. The lowest BCUT2D eigenvalue weighted by atomic mass is 10.3. The molecule has 3 aromatic carbocycles. The molecule has 0 spiro atoms. The molecular formula is C19H12Cl2F3NO5S2. The minimum Gasteiger partial charge on any atom is -0.455 e. The fourth-order valence-corrected chi connectivity index (χ4v) is 4.60. The molecule has 170 valence electrons. The molecule has 0 amide bonds. The third-order valence-electron chi connectivity index (χ3n) is 3.98. The normalized spacial score (nSPS) is 12.4. The van der Waals surface area contributed by atoms with E-state index < -0.39 is 36.0 Å². The van der Waals surface area contributed by atoms with Crippen molar-refractivity contribution in [3.05, 3.63) is 76.8 Å². The Hall–Kier alpha value is -2.47. The van der Waals surface area contributed by atoms with E-state index in [1.54, 1.807) is 6.07 Å². The number of halogens is 5. The van der Waals surface area contributed by atoms with Gasteiger partial charge >= 0.3 is 5.51 Å². The van der Waals surface area contributed by atoms with Crippen LogP contribution in [-0.2, 0) is 19.9 Å². The van der Waals surface area contributed by atoms with Crippen molar-refractivity contribution < 1.29 is 34.7 Å². The number of benzene rings is 3. The van der Waals surface area contributed by atoms with Crippen LogP contribution in [0.15, 0.2) is 76.5 Å². The van der Waals surface area contributed by atoms with Crippen LogP contribution >= 0.6 is 23.2 Å². The molecule has 0 radical (unpaired) electrons. The molecule has 3 aromatic rings. The summed E-state index contributed by atoms with van der Waals surface area (Å²) in [7, 11) is -9.89. The number of hydrogen-bond acceptors (Lipinski definition) is 5. The summed E-state index contributed by atoms with van der Waals surface area (Å²) in [5.74, 6) is -0.533. The SMILES string of the molecule is O=S(=O)(Nc1ccc(S(=O)(=O)C(F)(F)F)cc1Oc1ccc(Cl)c(Cl)c1)c1ccccc1. The summed E-state index contributed by atoms with van der Waals surface area (Å²) in [6.45, 7) is 0. The second-order valence-electron chi connectivity index (χ2n) is 6.20. The standard InChI is InChI=1S/C19H12Cl2F3NO5S2/c20-15-8-6-12(10-16(15)21)30-18-11-14(31(26,27)19(22,23)24)7-9-17(18)25-32(28,29)13-4-2-1-3-5-13/h1-11,25H. The van der Waals surface area contributed by atoms with Gasteiger partial charge in [-0.1, -0.05) is 41.4 Å². The predicted molar refractivity (Wildman–Crippen MR) is 113 cm³/mol. The molecule has 0 aliphatic heterocycles. The first-order chi connectivity index (χ1) is 14.8. The molecule has 32 heavy (non-hydrogen) atoms. The highest BCUT2D eigenvalue weighted by Crippen LogP contribution is 2.38. The van der Waals surface area contributed by atoms with Crippen molar-refractivity contribution in [2.45, 2.75) is 15.3 Å². The highest BCUT2D eigenvalue weighted by molar-refractivity contribution is 7.93.